The van der Waals surface area contributed by atoms with Gasteiger partial charge in [0.15, 0.2) is 5.75 Å². The van der Waals surface area contributed by atoms with Gasteiger partial charge in [0, 0.05) is 10.8 Å². The van der Waals surface area contributed by atoms with E-state index in [0.717, 1.165) is 18.4 Å². The molecule has 120 valence electrons. The summed E-state index contributed by atoms with van der Waals surface area (Å²) in [5.74, 6) is -1.50. The lowest BCUT2D eigenvalue weighted by Gasteiger charge is -2.19. The number of carbonyl (C=O) groups is 1. The molecular formula is C19H14ClNO3. The molecule has 1 aliphatic rings. The van der Waals surface area contributed by atoms with Gasteiger partial charge in [-0.15, -0.1) is 0 Å². The highest BCUT2D eigenvalue weighted by atomic mass is 35.5. The molecule has 5 heteroatoms. The first-order valence-electron chi connectivity index (χ1n) is 7.65. The van der Waals surface area contributed by atoms with E-state index in [9.17, 15) is 15.0 Å². The van der Waals surface area contributed by atoms with Crippen molar-refractivity contribution in [2.75, 3.05) is 0 Å². The summed E-state index contributed by atoms with van der Waals surface area (Å²) in [6.07, 6.45) is 1.64. The Morgan fingerprint density at radius 1 is 1.08 bits per heavy atom. The maximum absolute atomic E-state index is 11.8. The molecule has 0 bridgehead atoms. The molecule has 24 heavy (non-hydrogen) atoms. The van der Waals surface area contributed by atoms with E-state index in [4.69, 9.17) is 11.6 Å². The SMILES string of the molecule is O=C(O)c1c(O)c(C2(c3ccccc3)CC2)nc2cccc(Cl)c12. The number of fused-ring (bicyclic) bond motifs is 1. The van der Waals surface area contributed by atoms with Gasteiger partial charge in [0.2, 0.25) is 0 Å². The lowest BCUT2D eigenvalue weighted by atomic mass is 9.89. The standard InChI is InChI=1S/C19H14ClNO3/c20-12-7-4-8-13-14(12)15(18(23)24)16(22)17(21-13)19(9-10-19)11-5-2-1-3-6-11/h1-8,22H,9-10H2,(H,23,24). The summed E-state index contributed by atoms with van der Waals surface area (Å²) >= 11 is 6.16. The average Bonchev–Trinajstić information content (AvgIpc) is 3.37. The maximum Gasteiger partial charge on any atom is 0.340 e. The van der Waals surface area contributed by atoms with Gasteiger partial charge in [-0.25, -0.2) is 9.78 Å². The zero-order valence-corrected chi connectivity index (χ0v) is 13.4. The second-order valence-electron chi connectivity index (χ2n) is 6.07. The van der Waals surface area contributed by atoms with E-state index in [-0.39, 0.29) is 21.7 Å². The fourth-order valence-corrected chi connectivity index (χ4v) is 3.61. The van der Waals surface area contributed by atoms with E-state index < -0.39 is 11.4 Å². The fraction of sp³-hybridized carbons (Fsp3) is 0.158. The van der Waals surface area contributed by atoms with Crippen LogP contribution >= 0.6 is 11.6 Å². The van der Waals surface area contributed by atoms with Gasteiger partial charge in [-0.2, -0.15) is 0 Å². The Morgan fingerprint density at radius 2 is 1.79 bits per heavy atom. The minimum atomic E-state index is -1.21. The van der Waals surface area contributed by atoms with Crippen LogP contribution in [0, 0.1) is 0 Å². The van der Waals surface area contributed by atoms with Crippen molar-refractivity contribution < 1.29 is 15.0 Å². The van der Waals surface area contributed by atoms with Gasteiger partial charge in [-0.05, 0) is 30.5 Å². The number of benzene rings is 2. The first-order chi connectivity index (χ1) is 11.5. The molecule has 1 saturated carbocycles. The molecule has 1 heterocycles. The molecule has 0 unspecified atom stereocenters. The molecule has 0 radical (unpaired) electrons. The Balaban J connectivity index is 2.05. The number of hydrogen-bond acceptors (Lipinski definition) is 3. The number of carboxylic acids is 1. The number of pyridine rings is 1. The summed E-state index contributed by atoms with van der Waals surface area (Å²) in [5, 5.41) is 20.9. The van der Waals surface area contributed by atoms with Crippen molar-refractivity contribution in [3.05, 3.63) is 70.4 Å². The zero-order valence-electron chi connectivity index (χ0n) is 12.7. The van der Waals surface area contributed by atoms with Crippen LogP contribution < -0.4 is 0 Å². The minimum Gasteiger partial charge on any atom is -0.505 e. The molecular weight excluding hydrogens is 326 g/mol. The van der Waals surface area contributed by atoms with Crippen LogP contribution in [-0.4, -0.2) is 21.2 Å². The molecule has 0 spiro atoms. The number of rotatable bonds is 3. The molecule has 0 atom stereocenters. The van der Waals surface area contributed by atoms with E-state index in [1.807, 2.05) is 30.3 Å². The average molecular weight is 340 g/mol. The van der Waals surface area contributed by atoms with E-state index in [2.05, 4.69) is 4.98 Å². The van der Waals surface area contributed by atoms with Crippen molar-refractivity contribution in [1.29, 1.82) is 0 Å². The topological polar surface area (TPSA) is 70.4 Å². The predicted molar refractivity (Wildman–Crippen MR) is 91.8 cm³/mol. The normalized spacial score (nSPS) is 15.4. The molecule has 4 nitrogen and oxygen atoms in total. The summed E-state index contributed by atoms with van der Waals surface area (Å²) in [4.78, 5) is 16.4. The number of nitrogens with zero attached hydrogens (tertiary/aromatic N) is 1. The lowest BCUT2D eigenvalue weighted by Crippen LogP contribution is -2.14. The quantitative estimate of drug-likeness (QED) is 0.743. The molecule has 4 rings (SSSR count). The second-order valence-corrected chi connectivity index (χ2v) is 6.48. The van der Waals surface area contributed by atoms with Crippen LogP contribution in [0.1, 0.15) is 34.5 Å². The number of halogens is 1. The Morgan fingerprint density at radius 3 is 2.42 bits per heavy atom. The zero-order chi connectivity index (χ0) is 16.9. The summed E-state index contributed by atoms with van der Waals surface area (Å²) in [6, 6.07) is 14.8. The van der Waals surface area contributed by atoms with Crippen LogP contribution in [0.3, 0.4) is 0 Å². The van der Waals surface area contributed by atoms with Crippen molar-refractivity contribution in [2.24, 2.45) is 0 Å². The third-order valence-corrected chi connectivity index (χ3v) is 4.99. The van der Waals surface area contributed by atoms with Gasteiger partial charge in [-0.3, -0.25) is 0 Å². The number of aromatic carboxylic acids is 1. The first-order valence-corrected chi connectivity index (χ1v) is 8.03. The van der Waals surface area contributed by atoms with Crippen LogP contribution in [0.15, 0.2) is 48.5 Å². The van der Waals surface area contributed by atoms with Gasteiger partial charge >= 0.3 is 5.97 Å². The highest BCUT2D eigenvalue weighted by Gasteiger charge is 2.49. The number of aromatic nitrogens is 1. The lowest BCUT2D eigenvalue weighted by molar-refractivity contribution is 0.0695. The van der Waals surface area contributed by atoms with Crippen molar-refractivity contribution in [3.8, 4) is 5.75 Å². The summed E-state index contributed by atoms with van der Waals surface area (Å²) in [6.45, 7) is 0. The van der Waals surface area contributed by atoms with Gasteiger partial charge in [0.05, 0.1) is 16.2 Å². The second kappa shape index (κ2) is 5.21. The third-order valence-electron chi connectivity index (χ3n) is 4.68. The van der Waals surface area contributed by atoms with Crippen molar-refractivity contribution in [2.45, 2.75) is 18.3 Å². The Labute approximate surface area is 143 Å². The number of hydrogen-bond donors (Lipinski definition) is 2. The van der Waals surface area contributed by atoms with E-state index in [1.165, 1.54) is 0 Å². The molecule has 3 aromatic rings. The smallest absolute Gasteiger partial charge is 0.340 e. The van der Waals surface area contributed by atoms with E-state index in [0.29, 0.717) is 11.2 Å². The van der Waals surface area contributed by atoms with Gasteiger partial charge in [0.25, 0.3) is 0 Å². The molecule has 0 amide bonds. The predicted octanol–water partition coefficient (Wildman–Crippen LogP) is 4.37. The molecule has 2 N–H and O–H groups in total. The molecule has 1 fully saturated rings. The summed E-state index contributed by atoms with van der Waals surface area (Å²) in [5.41, 5.74) is 1.33. The van der Waals surface area contributed by atoms with Crippen molar-refractivity contribution in [3.63, 3.8) is 0 Å². The largest absolute Gasteiger partial charge is 0.505 e. The van der Waals surface area contributed by atoms with Crippen LogP contribution in [0.25, 0.3) is 10.9 Å². The molecule has 0 aliphatic heterocycles. The third kappa shape index (κ3) is 2.07. The fourth-order valence-electron chi connectivity index (χ4n) is 3.35. The molecule has 2 aromatic carbocycles. The Hall–Kier alpha value is -2.59. The monoisotopic (exact) mass is 339 g/mol. The van der Waals surface area contributed by atoms with E-state index >= 15 is 0 Å². The van der Waals surface area contributed by atoms with Gasteiger partial charge in [-0.1, -0.05) is 48.0 Å². The van der Waals surface area contributed by atoms with Crippen LogP contribution in [-0.2, 0) is 5.41 Å². The highest BCUT2D eigenvalue weighted by Crippen LogP contribution is 2.56. The Kier molecular flexibility index (Phi) is 3.25. The van der Waals surface area contributed by atoms with Crippen LogP contribution in [0.4, 0.5) is 0 Å². The molecule has 1 aliphatic carbocycles. The Bertz CT molecular complexity index is 965. The summed E-state index contributed by atoms with van der Waals surface area (Å²) in [7, 11) is 0. The highest BCUT2D eigenvalue weighted by molar-refractivity contribution is 6.36. The van der Waals surface area contributed by atoms with Crippen molar-refractivity contribution >= 4 is 28.5 Å². The van der Waals surface area contributed by atoms with Gasteiger partial charge in [0.1, 0.15) is 5.56 Å². The minimum absolute atomic E-state index is 0.178. The molecule has 0 saturated heterocycles. The van der Waals surface area contributed by atoms with Crippen LogP contribution in [0.5, 0.6) is 5.75 Å². The van der Waals surface area contributed by atoms with Crippen molar-refractivity contribution in [1.82, 2.24) is 4.98 Å². The molecule has 1 aromatic heterocycles. The maximum atomic E-state index is 11.8. The van der Waals surface area contributed by atoms with E-state index in [1.54, 1.807) is 18.2 Å². The van der Waals surface area contributed by atoms with Crippen LogP contribution in [0.2, 0.25) is 5.02 Å². The first kappa shape index (κ1) is 15.0. The summed E-state index contributed by atoms with van der Waals surface area (Å²) < 4.78 is 0. The number of carboxylic acid groups (broad SMARTS) is 1. The van der Waals surface area contributed by atoms with Gasteiger partial charge < -0.3 is 10.2 Å². The number of aromatic hydroxyl groups is 1.